The average Bonchev–Trinajstić information content (AvgIpc) is 2.52. The van der Waals surface area contributed by atoms with Gasteiger partial charge in [-0.3, -0.25) is 0 Å². The predicted molar refractivity (Wildman–Crippen MR) is 84.4 cm³/mol. The quantitative estimate of drug-likeness (QED) is 0.889. The van der Waals surface area contributed by atoms with Crippen LogP contribution in [0.1, 0.15) is 24.8 Å². The van der Waals surface area contributed by atoms with Crippen molar-refractivity contribution in [3.8, 4) is 0 Å². The van der Waals surface area contributed by atoms with E-state index in [0.29, 0.717) is 6.54 Å². The second kappa shape index (κ2) is 7.31. The Bertz CT molecular complexity index is 459. The number of nitrogens with zero attached hydrogens (tertiary/aromatic N) is 2. The fraction of sp³-hybridized carbons (Fsp3) is 0.562. The minimum absolute atomic E-state index is 0.0325. The summed E-state index contributed by atoms with van der Waals surface area (Å²) in [6.45, 7) is 1.29. The minimum Gasteiger partial charge on any atom is -0.394 e. The van der Waals surface area contributed by atoms with Crippen LogP contribution >= 0.6 is 0 Å². The lowest BCUT2D eigenvalue weighted by Gasteiger charge is -2.34. The second-order valence-electron chi connectivity index (χ2n) is 5.75. The van der Waals surface area contributed by atoms with Gasteiger partial charge in [-0.15, -0.1) is 0 Å². The lowest BCUT2D eigenvalue weighted by Crippen LogP contribution is -2.49. The van der Waals surface area contributed by atoms with Gasteiger partial charge in [0.25, 0.3) is 0 Å². The van der Waals surface area contributed by atoms with E-state index in [0.717, 1.165) is 37.1 Å². The number of carbonyl (C=O) groups excluding carboxylic acids is 1. The topological polar surface area (TPSA) is 55.8 Å². The van der Waals surface area contributed by atoms with Crippen molar-refractivity contribution in [2.75, 3.05) is 32.1 Å². The molecule has 0 radical (unpaired) electrons. The summed E-state index contributed by atoms with van der Waals surface area (Å²) >= 11 is 0. The summed E-state index contributed by atoms with van der Waals surface area (Å²) in [6, 6.07) is 8.02. The summed E-state index contributed by atoms with van der Waals surface area (Å²) in [7, 11) is 4.00. The van der Waals surface area contributed by atoms with Crippen LogP contribution in [0.4, 0.5) is 10.5 Å². The van der Waals surface area contributed by atoms with Crippen molar-refractivity contribution >= 4 is 11.7 Å². The van der Waals surface area contributed by atoms with Gasteiger partial charge in [0, 0.05) is 32.9 Å². The van der Waals surface area contributed by atoms with Crippen molar-refractivity contribution in [1.82, 2.24) is 10.2 Å². The van der Waals surface area contributed by atoms with Gasteiger partial charge in [-0.1, -0.05) is 12.1 Å². The van der Waals surface area contributed by atoms with Crippen LogP contribution in [0.25, 0.3) is 0 Å². The lowest BCUT2D eigenvalue weighted by molar-refractivity contribution is 0.108. The first kappa shape index (κ1) is 15.6. The van der Waals surface area contributed by atoms with E-state index in [9.17, 15) is 9.90 Å². The molecule has 1 aliphatic heterocycles. The van der Waals surface area contributed by atoms with Gasteiger partial charge in [0.2, 0.25) is 0 Å². The molecule has 0 spiro atoms. The summed E-state index contributed by atoms with van der Waals surface area (Å²) < 4.78 is 0. The minimum atomic E-state index is -0.0783. The SMILES string of the molecule is CN(C)c1ccc(CNC(=O)N2CCCC[C@@H]2CO)cc1. The Morgan fingerprint density at radius 1 is 1.33 bits per heavy atom. The van der Waals surface area contributed by atoms with Crippen LogP contribution in [0, 0.1) is 0 Å². The third-order valence-corrected chi connectivity index (χ3v) is 4.00. The third-order valence-electron chi connectivity index (χ3n) is 4.00. The number of urea groups is 1. The predicted octanol–water partition coefficient (Wildman–Crippen LogP) is 1.81. The van der Waals surface area contributed by atoms with Gasteiger partial charge in [-0.2, -0.15) is 0 Å². The molecule has 2 rings (SSSR count). The Labute approximate surface area is 126 Å². The van der Waals surface area contributed by atoms with Crippen molar-refractivity contribution in [2.24, 2.45) is 0 Å². The van der Waals surface area contributed by atoms with Crippen molar-refractivity contribution in [3.63, 3.8) is 0 Å². The van der Waals surface area contributed by atoms with E-state index in [1.54, 1.807) is 4.90 Å². The molecule has 116 valence electrons. The number of carbonyl (C=O) groups is 1. The average molecular weight is 291 g/mol. The third kappa shape index (κ3) is 4.11. The maximum Gasteiger partial charge on any atom is 0.317 e. The Hall–Kier alpha value is -1.75. The van der Waals surface area contributed by atoms with Gasteiger partial charge in [-0.05, 0) is 37.0 Å². The summed E-state index contributed by atoms with van der Waals surface area (Å²) in [5, 5.41) is 12.3. The molecule has 1 fully saturated rings. The van der Waals surface area contributed by atoms with Crippen LogP contribution < -0.4 is 10.2 Å². The number of benzene rings is 1. The van der Waals surface area contributed by atoms with Crippen molar-refractivity contribution in [1.29, 1.82) is 0 Å². The number of likely N-dealkylation sites (tertiary alicyclic amines) is 1. The number of aliphatic hydroxyl groups excluding tert-OH is 1. The van der Waals surface area contributed by atoms with Gasteiger partial charge >= 0.3 is 6.03 Å². The molecule has 0 bridgehead atoms. The first-order valence-corrected chi connectivity index (χ1v) is 7.53. The molecule has 5 heteroatoms. The first-order valence-electron chi connectivity index (χ1n) is 7.53. The number of piperidine rings is 1. The highest BCUT2D eigenvalue weighted by molar-refractivity contribution is 5.74. The number of amides is 2. The Kier molecular flexibility index (Phi) is 5.44. The molecular weight excluding hydrogens is 266 g/mol. The molecule has 1 atom stereocenters. The number of nitrogens with one attached hydrogen (secondary N) is 1. The van der Waals surface area contributed by atoms with E-state index < -0.39 is 0 Å². The molecule has 2 amide bonds. The Morgan fingerprint density at radius 3 is 2.67 bits per heavy atom. The van der Waals surface area contributed by atoms with Gasteiger partial charge < -0.3 is 20.2 Å². The van der Waals surface area contributed by atoms with E-state index in [-0.39, 0.29) is 18.7 Å². The van der Waals surface area contributed by atoms with Gasteiger partial charge in [0.1, 0.15) is 0 Å². The molecule has 0 aliphatic carbocycles. The molecule has 1 saturated heterocycles. The van der Waals surface area contributed by atoms with Crippen LogP contribution in [0.3, 0.4) is 0 Å². The highest BCUT2D eigenvalue weighted by Gasteiger charge is 2.25. The fourth-order valence-electron chi connectivity index (χ4n) is 2.65. The monoisotopic (exact) mass is 291 g/mol. The zero-order valence-electron chi connectivity index (χ0n) is 12.9. The molecule has 5 nitrogen and oxygen atoms in total. The van der Waals surface area contributed by atoms with E-state index >= 15 is 0 Å². The van der Waals surface area contributed by atoms with Gasteiger partial charge in [-0.25, -0.2) is 4.79 Å². The number of hydrogen-bond donors (Lipinski definition) is 2. The van der Waals surface area contributed by atoms with Crippen LogP contribution in [0.2, 0.25) is 0 Å². The van der Waals surface area contributed by atoms with Gasteiger partial charge in [0.15, 0.2) is 0 Å². The second-order valence-corrected chi connectivity index (χ2v) is 5.75. The van der Waals surface area contributed by atoms with Crippen molar-refractivity contribution < 1.29 is 9.90 Å². The number of anilines is 1. The maximum atomic E-state index is 12.2. The number of rotatable bonds is 4. The molecule has 1 aliphatic rings. The zero-order valence-corrected chi connectivity index (χ0v) is 12.9. The fourth-order valence-corrected chi connectivity index (χ4v) is 2.65. The van der Waals surface area contributed by atoms with Crippen molar-refractivity contribution in [3.05, 3.63) is 29.8 Å². The molecule has 1 aromatic carbocycles. The molecule has 1 aromatic rings. The lowest BCUT2D eigenvalue weighted by atomic mass is 10.0. The standard InChI is InChI=1S/C16H25N3O2/c1-18(2)14-8-6-13(7-9-14)11-17-16(21)19-10-4-3-5-15(19)12-20/h6-9,15,20H,3-5,10-12H2,1-2H3,(H,17,21)/t15-/m1/s1. The van der Waals surface area contributed by atoms with E-state index in [4.69, 9.17) is 0 Å². The van der Waals surface area contributed by atoms with Crippen LogP contribution in [0.5, 0.6) is 0 Å². The van der Waals surface area contributed by atoms with E-state index in [1.165, 1.54) is 0 Å². The molecular formula is C16H25N3O2. The number of aliphatic hydroxyl groups is 1. The molecule has 0 unspecified atom stereocenters. The highest BCUT2D eigenvalue weighted by atomic mass is 16.3. The Balaban J connectivity index is 1.88. The first-order chi connectivity index (χ1) is 10.1. The normalized spacial score (nSPS) is 18.4. The largest absolute Gasteiger partial charge is 0.394 e. The smallest absolute Gasteiger partial charge is 0.317 e. The van der Waals surface area contributed by atoms with Crippen LogP contribution in [-0.2, 0) is 6.54 Å². The summed E-state index contributed by atoms with van der Waals surface area (Å²) in [6.07, 6.45) is 2.99. The zero-order chi connectivity index (χ0) is 15.2. The maximum absolute atomic E-state index is 12.2. The Morgan fingerprint density at radius 2 is 2.05 bits per heavy atom. The molecule has 21 heavy (non-hydrogen) atoms. The molecule has 2 N–H and O–H groups in total. The molecule has 0 aromatic heterocycles. The van der Waals surface area contributed by atoms with E-state index in [1.807, 2.05) is 43.3 Å². The summed E-state index contributed by atoms with van der Waals surface area (Å²) in [4.78, 5) is 16.0. The van der Waals surface area contributed by atoms with E-state index in [2.05, 4.69) is 5.32 Å². The highest BCUT2D eigenvalue weighted by Crippen LogP contribution is 2.17. The molecule has 0 saturated carbocycles. The van der Waals surface area contributed by atoms with Crippen molar-refractivity contribution in [2.45, 2.75) is 31.8 Å². The summed E-state index contributed by atoms with van der Waals surface area (Å²) in [5.41, 5.74) is 2.22. The number of hydrogen-bond acceptors (Lipinski definition) is 3. The summed E-state index contributed by atoms with van der Waals surface area (Å²) in [5.74, 6) is 0. The van der Waals surface area contributed by atoms with Crippen LogP contribution in [0.15, 0.2) is 24.3 Å². The molecule has 1 heterocycles. The van der Waals surface area contributed by atoms with Crippen LogP contribution in [-0.4, -0.2) is 49.3 Å². The van der Waals surface area contributed by atoms with Gasteiger partial charge in [0.05, 0.1) is 12.6 Å².